The minimum Gasteiger partial charge on any atom is -0.481 e. The Morgan fingerprint density at radius 3 is 2.56 bits per heavy atom. The monoisotopic (exact) mass is 361 g/mol. The van der Waals surface area contributed by atoms with Gasteiger partial charge in [-0.25, -0.2) is 4.68 Å². The molecule has 0 spiro atoms. The van der Waals surface area contributed by atoms with Crippen LogP contribution in [-0.2, 0) is 4.79 Å². The van der Waals surface area contributed by atoms with E-state index < -0.39 is 5.97 Å². The van der Waals surface area contributed by atoms with E-state index in [9.17, 15) is 9.59 Å². The van der Waals surface area contributed by atoms with Gasteiger partial charge in [0.1, 0.15) is 0 Å². The molecule has 0 bridgehead atoms. The standard InChI is InChI=1S/C18H20ClN3O3/c1-11-10-22(15-5-3-2-4-14(15)19)21-16(11)17(23)20-13-8-6-12(7-9-13)18(24)25/h2-5,10,12-13H,6-9H2,1H3,(H,20,23)(H,24,25). The number of rotatable bonds is 4. The van der Waals surface area contributed by atoms with Gasteiger partial charge in [-0.3, -0.25) is 9.59 Å². The molecular formula is C18H20ClN3O3. The van der Waals surface area contributed by atoms with Gasteiger partial charge in [0.2, 0.25) is 0 Å². The number of carbonyl (C=O) groups is 2. The van der Waals surface area contributed by atoms with Gasteiger partial charge in [0, 0.05) is 17.8 Å². The highest BCUT2D eigenvalue weighted by atomic mass is 35.5. The molecule has 25 heavy (non-hydrogen) atoms. The quantitative estimate of drug-likeness (QED) is 0.875. The molecular weight excluding hydrogens is 342 g/mol. The smallest absolute Gasteiger partial charge is 0.306 e. The zero-order valence-corrected chi connectivity index (χ0v) is 14.7. The number of para-hydroxylation sites is 1. The maximum atomic E-state index is 12.5. The van der Waals surface area contributed by atoms with Gasteiger partial charge in [0.05, 0.1) is 16.6 Å². The summed E-state index contributed by atoms with van der Waals surface area (Å²) in [6.45, 7) is 1.83. The van der Waals surface area contributed by atoms with E-state index in [1.165, 1.54) is 0 Å². The molecule has 2 aromatic rings. The van der Waals surface area contributed by atoms with Crippen LogP contribution in [0.15, 0.2) is 30.5 Å². The molecule has 1 aromatic carbocycles. The Hall–Kier alpha value is -2.34. The molecule has 1 aliphatic rings. The SMILES string of the molecule is Cc1cn(-c2ccccc2Cl)nc1C(=O)NC1CCC(C(=O)O)CC1. The molecule has 2 N–H and O–H groups in total. The van der Waals surface area contributed by atoms with Gasteiger partial charge in [-0.2, -0.15) is 5.10 Å². The largest absolute Gasteiger partial charge is 0.481 e. The third-order valence-electron chi connectivity index (χ3n) is 4.62. The molecule has 1 saturated carbocycles. The lowest BCUT2D eigenvalue weighted by atomic mass is 9.86. The highest BCUT2D eigenvalue weighted by Gasteiger charge is 2.27. The number of benzene rings is 1. The van der Waals surface area contributed by atoms with Crippen molar-refractivity contribution in [3.63, 3.8) is 0 Å². The minimum absolute atomic E-state index is 0.00652. The fourth-order valence-corrected chi connectivity index (χ4v) is 3.41. The van der Waals surface area contributed by atoms with Crippen molar-refractivity contribution in [2.45, 2.75) is 38.6 Å². The second-order valence-electron chi connectivity index (χ2n) is 6.42. The molecule has 0 unspecified atom stereocenters. The third kappa shape index (κ3) is 3.85. The first-order chi connectivity index (χ1) is 12.0. The van der Waals surface area contributed by atoms with Crippen molar-refractivity contribution in [3.8, 4) is 5.69 Å². The Bertz CT molecular complexity index is 795. The van der Waals surface area contributed by atoms with Crippen LogP contribution < -0.4 is 5.32 Å². The van der Waals surface area contributed by atoms with Crippen LogP contribution in [0.25, 0.3) is 5.69 Å². The predicted octanol–water partition coefficient (Wildman–Crippen LogP) is 3.21. The lowest BCUT2D eigenvalue weighted by Gasteiger charge is -2.26. The average Bonchev–Trinajstić information content (AvgIpc) is 2.97. The van der Waals surface area contributed by atoms with Crippen molar-refractivity contribution in [2.75, 3.05) is 0 Å². The number of carboxylic acids is 1. The van der Waals surface area contributed by atoms with Crippen molar-refractivity contribution in [1.82, 2.24) is 15.1 Å². The maximum Gasteiger partial charge on any atom is 0.306 e. The number of nitrogens with zero attached hydrogens (tertiary/aromatic N) is 2. The number of hydrogen-bond acceptors (Lipinski definition) is 3. The molecule has 132 valence electrons. The van der Waals surface area contributed by atoms with Crippen molar-refractivity contribution >= 4 is 23.5 Å². The van der Waals surface area contributed by atoms with Crippen LogP contribution >= 0.6 is 11.6 Å². The maximum absolute atomic E-state index is 12.5. The summed E-state index contributed by atoms with van der Waals surface area (Å²) in [7, 11) is 0. The number of nitrogens with one attached hydrogen (secondary N) is 1. The molecule has 0 aliphatic heterocycles. The Kier molecular flexibility index (Phi) is 5.08. The molecule has 1 aliphatic carbocycles. The van der Waals surface area contributed by atoms with E-state index in [0.29, 0.717) is 42.1 Å². The summed E-state index contributed by atoms with van der Waals surface area (Å²) >= 11 is 6.19. The molecule has 6 nitrogen and oxygen atoms in total. The van der Waals surface area contributed by atoms with Crippen LogP contribution in [-0.4, -0.2) is 32.8 Å². The summed E-state index contributed by atoms with van der Waals surface area (Å²) in [5.41, 5.74) is 1.84. The summed E-state index contributed by atoms with van der Waals surface area (Å²) in [6.07, 6.45) is 4.30. The lowest BCUT2D eigenvalue weighted by Crippen LogP contribution is -2.39. The van der Waals surface area contributed by atoms with E-state index in [1.807, 2.05) is 25.1 Å². The van der Waals surface area contributed by atoms with Gasteiger partial charge >= 0.3 is 5.97 Å². The summed E-state index contributed by atoms with van der Waals surface area (Å²) in [5, 5.41) is 17.0. The number of hydrogen-bond donors (Lipinski definition) is 2. The number of carbonyl (C=O) groups excluding carboxylic acids is 1. The first kappa shape index (κ1) is 17.5. The number of halogens is 1. The number of aliphatic carboxylic acids is 1. The van der Waals surface area contributed by atoms with Crippen LogP contribution in [0.2, 0.25) is 5.02 Å². The van der Waals surface area contributed by atoms with Crippen molar-refractivity contribution in [2.24, 2.45) is 5.92 Å². The molecule has 0 radical (unpaired) electrons. The molecule has 7 heteroatoms. The fraction of sp³-hybridized carbons (Fsp3) is 0.389. The summed E-state index contributed by atoms with van der Waals surface area (Å²) in [4.78, 5) is 23.5. The number of carboxylic acid groups (broad SMARTS) is 1. The van der Waals surface area contributed by atoms with Crippen molar-refractivity contribution in [3.05, 3.63) is 46.7 Å². The zero-order chi connectivity index (χ0) is 18.0. The Balaban J connectivity index is 1.69. The van der Waals surface area contributed by atoms with Gasteiger partial charge in [0.25, 0.3) is 5.91 Å². The second-order valence-corrected chi connectivity index (χ2v) is 6.82. The normalized spacial score (nSPS) is 20.2. The van der Waals surface area contributed by atoms with Gasteiger partial charge in [-0.05, 0) is 44.7 Å². The van der Waals surface area contributed by atoms with Crippen molar-refractivity contribution in [1.29, 1.82) is 0 Å². The lowest BCUT2D eigenvalue weighted by molar-refractivity contribution is -0.142. The van der Waals surface area contributed by atoms with Gasteiger partial charge < -0.3 is 10.4 Å². The average molecular weight is 362 g/mol. The Morgan fingerprint density at radius 1 is 1.24 bits per heavy atom. The van der Waals surface area contributed by atoms with Gasteiger partial charge in [-0.1, -0.05) is 23.7 Å². The molecule has 3 rings (SSSR count). The van der Waals surface area contributed by atoms with Crippen LogP contribution in [0.4, 0.5) is 0 Å². The topological polar surface area (TPSA) is 84.2 Å². The van der Waals surface area contributed by atoms with Crippen LogP contribution in [0.5, 0.6) is 0 Å². The highest BCUT2D eigenvalue weighted by Crippen LogP contribution is 2.25. The summed E-state index contributed by atoms with van der Waals surface area (Å²) < 4.78 is 1.61. The van der Waals surface area contributed by atoms with Gasteiger partial charge in [-0.15, -0.1) is 0 Å². The zero-order valence-electron chi connectivity index (χ0n) is 13.9. The minimum atomic E-state index is -0.751. The van der Waals surface area contributed by atoms with Crippen molar-refractivity contribution < 1.29 is 14.7 Å². The molecule has 1 heterocycles. The summed E-state index contributed by atoms with van der Waals surface area (Å²) in [6, 6.07) is 7.30. The van der Waals surface area contributed by atoms with E-state index in [2.05, 4.69) is 10.4 Å². The molecule has 1 amide bonds. The number of amides is 1. The van der Waals surface area contributed by atoms with E-state index in [4.69, 9.17) is 16.7 Å². The second kappa shape index (κ2) is 7.27. The van der Waals surface area contributed by atoms with E-state index >= 15 is 0 Å². The fourth-order valence-electron chi connectivity index (χ4n) is 3.18. The number of aromatic nitrogens is 2. The Morgan fingerprint density at radius 2 is 1.92 bits per heavy atom. The highest BCUT2D eigenvalue weighted by molar-refractivity contribution is 6.32. The molecule has 0 atom stereocenters. The molecule has 0 saturated heterocycles. The van der Waals surface area contributed by atoms with E-state index in [1.54, 1.807) is 16.9 Å². The molecule has 1 fully saturated rings. The Labute approximate surface area is 150 Å². The van der Waals surface area contributed by atoms with E-state index in [0.717, 1.165) is 5.56 Å². The van der Waals surface area contributed by atoms with Crippen LogP contribution in [0, 0.1) is 12.8 Å². The summed E-state index contributed by atoms with van der Waals surface area (Å²) in [5.74, 6) is -1.28. The number of aryl methyl sites for hydroxylation is 1. The van der Waals surface area contributed by atoms with Crippen LogP contribution in [0.3, 0.4) is 0 Å². The van der Waals surface area contributed by atoms with Gasteiger partial charge in [0.15, 0.2) is 5.69 Å². The first-order valence-corrected chi connectivity index (χ1v) is 8.68. The van der Waals surface area contributed by atoms with E-state index in [-0.39, 0.29) is 17.9 Å². The third-order valence-corrected chi connectivity index (χ3v) is 4.94. The predicted molar refractivity (Wildman–Crippen MR) is 94.2 cm³/mol. The molecule has 1 aromatic heterocycles. The first-order valence-electron chi connectivity index (χ1n) is 8.30. The van der Waals surface area contributed by atoms with Crippen LogP contribution in [0.1, 0.15) is 41.7 Å².